The van der Waals surface area contributed by atoms with Gasteiger partial charge in [-0.3, -0.25) is 18.7 Å². The van der Waals surface area contributed by atoms with Crippen molar-refractivity contribution in [3.05, 3.63) is 101 Å². The fraction of sp³-hybridized carbons (Fsp3) is 0.125. The van der Waals surface area contributed by atoms with Crippen LogP contribution in [0, 0.1) is 0 Å². The van der Waals surface area contributed by atoms with E-state index in [1.165, 1.54) is 9.13 Å². The highest BCUT2D eigenvalue weighted by Gasteiger charge is 2.24. The maximum absolute atomic E-state index is 13.0. The molecule has 0 radical (unpaired) electrons. The van der Waals surface area contributed by atoms with Crippen LogP contribution in [-0.4, -0.2) is 20.9 Å². The van der Waals surface area contributed by atoms with Crippen LogP contribution in [0.15, 0.2) is 89.7 Å². The number of hydrogen-bond donors (Lipinski definition) is 2. The van der Waals surface area contributed by atoms with Crippen LogP contribution in [0.25, 0.3) is 11.0 Å². The normalized spacial score (nSPS) is 11.8. The summed E-state index contributed by atoms with van der Waals surface area (Å²) in [6, 6.07) is 24.4. The van der Waals surface area contributed by atoms with Gasteiger partial charge in [-0.2, -0.15) is 0 Å². The standard InChI is InChI=1S/C24H22N4O3/c1-27-19-14-8-9-15-20(19)28(24(27)31)16-21(29)26-22(17-10-4-2-5-11-17)23(30)25-18-12-6-3-7-13-18/h2-15,22H,16H2,1H3,(H,25,30)(H,26,29). The number of benzene rings is 3. The lowest BCUT2D eigenvalue weighted by atomic mass is 10.1. The molecule has 0 bridgehead atoms. The van der Waals surface area contributed by atoms with Gasteiger partial charge in [0.2, 0.25) is 5.91 Å². The maximum atomic E-state index is 13.0. The fourth-order valence-electron chi connectivity index (χ4n) is 3.55. The maximum Gasteiger partial charge on any atom is 0.329 e. The second-order valence-corrected chi connectivity index (χ2v) is 7.18. The van der Waals surface area contributed by atoms with Crippen LogP contribution in [0.1, 0.15) is 11.6 Å². The Morgan fingerprint density at radius 1 is 0.839 bits per heavy atom. The van der Waals surface area contributed by atoms with Crippen molar-refractivity contribution in [3.8, 4) is 0 Å². The highest BCUT2D eigenvalue weighted by atomic mass is 16.2. The lowest BCUT2D eigenvalue weighted by Crippen LogP contribution is -2.40. The molecule has 2 N–H and O–H groups in total. The molecule has 2 amide bonds. The summed E-state index contributed by atoms with van der Waals surface area (Å²) in [6.07, 6.45) is 0. The number of anilines is 1. The van der Waals surface area contributed by atoms with Gasteiger partial charge in [0.1, 0.15) is 12.6 Å². The van der Waals surface area contributed by atoms with Gasteiger partial charge in [0.05, 0.1) is 11.0 Å². The summed E-state index contributed by atoms with van der Waals surface area (Å²) in [6.45, 7) is -0.192. The average molecular weight is 414 g/mol. The van der Waals surface area contributed by atoms with Crippen molar-refractivity contribution in [2.45, 2.75) is 12.6 Å². The predicted molar refractivity (Wildman–Crippen MR) is 120 cm³/mol. The van der Waals surface area contributed by atoms with Gasteiger partial charge >= 0.3 is 5.69 Å². The molecule has 156 valence electrons. The van der Waals surface area contributed by atoms with E-state index in [-0.39, 0.29) is 18.1 Å². The first-order chi connectivity index (χ1) is 15.0. The number of aryl methyl sites for hydroxylation is 1. The molecule has 0 aliphatic heterocycles. The Balaban J connectivity index is 1.59. The van der Waals surface area contributed by atoms with Crippen molar-refractivity contribution >= 4 is 28.5 Å². The van der Waals surface area contributed by atoms with E-state index in [9.17, 15) is 14.4 Å². The number of nitrogens with one attached hydrogen (secondary N) is 2. The Labute approximate surface area is 178 Å². The van der Waals surface area contributed by atoms with Crippen LogP contribution in [0.3, 0.4) is 0 Å². The quantitative estimate of drug-likeness (QED) is 0.509. The molecule has 1 aromatic heterocycles. The van der Waals surface area contributed by atoms with Gasteiger partial charge in [0.15, 0.2) is 0 Å². The number of carbonyl (C=O) groups is 2. The van der Waals surface area contributed by atoms with E-state index < -0.39 is 11.9 Å². The van der Waals surface area contributed by atoms with Crippen molar-refractivity contribution < 1.29 is 9.59 Å². The molecule has 7 nitrogen and oxygen atoms in total. The zero-order valence-corrected chi connectivity index (χ0v) is 17.0. The number of imidazole rings is 1. The molecule has 4 rings (SSSR count). The van der Waals surface area contributed by atoms with E-state index in [1.54, 1.807) is 49.5 Å². The first-order valence-electron chi connectivity index (χ1n) is 9.89. The molecule has 1 heterocycles. The van der Waals surface area contributed by atoms with Gasteiger partial charge < -0.3 is 10.6 Å². The summed E-state index contributed by atoms with van der Waals surface area (Å²) < 4.78 is 2.90. The Bertz CT molecular complexity index is 1280. The Hall–Kier alpha value is -4.13. The van der Waals surface area contributed by atoms with Crippen molar-refractivity contribution in [1.29, 1.82) is 0 Å². The van der Waals surface area contributed by atoms with Crippen molar-refractivity contribution in [2.24, 2.45) is 7.05 Å². The smallest absolute Gasteiger partial charge is 0.329 e. The molecular formula is C24H22N4O3. The number of aromatic nitrogens is 2. The van der Waals surface area contributed by atoms with Crippen LogP contribution < -0.4 is 16.3 Å². The fourth-order valence-corrected chi connectivity index (χ4v) is 3.55. The second kappa shape index (κ2) is 8.71. The van der Waals surface area contributed by atoms with Gasteiger partial charge in [-0.15, -0.1) is 0 Å². The van der Waals surface area contributed by atoms with E-state index in [1.807, 2.05) is 42.5 Å². The van der Waals surface area contributed by atoms with Crippen molar-refractivity contribution in [1.82, 2.24) is 14.5 Å². The zero-order valence-electron chi connectivity index (χ0n) is 17.0. The van der Waals surface area contributed by atoms with E-state index >= 15 is 0 Å². The molecule has 3 aromatic carbocycles. The molecule has 7 heteroatoms. The Kier molecular flexibility index (Phi) is 5.66. The van der Waals surface area contributed by atoms with Crippen LogP contribution >= 0.6 is 0 Å². The van der Waals surface area contributed by atoms with E-state index in [4.69, 9.17) is 0 Å². The zero-order chi connectivity index (χ0) is 21.8. The Morgan fingerprint density at radius 2 is 1.42 bits per heavy atom. The largest absolute Gasteiger partial charge is 0.339 e. The molecular weight excluding hydrogens is 392 g/mol. The van der Waals surface area contributed by atoms with E-state index in [2.05, 4.69) is 10.6 Å². The van der Waals surface area contributed by atoms with Gasteiger partial charge in [0, 0.05) is 12.7 Å². The molecule has 1 unspecified atom stereocenters. The molecule has 0 fully saturated rings. The number of hydrogen-bond acceptors (Lipinski definition) is 3. The highest BCUT2D eigenvalue weighted by molar-refractivity contribution is 5.98. The first-order valence-corrected chi connectivity index (χ1v) is 9.89. The average Bonchev–Trinajstić information content (AvgIpc) is 3.03. The summed E-state index contributed by atoms with van der Waals surface area (Å²) in [5.41, 5.74) is 2.39. The van der Waals surface area contributed by atoms with Crippen LogP contribution in [0.2, 0.25) is 0 Å². The van der Waals surface area contributed by atoms with Gasteiger partial charge in [0.25, 0.3) is 5.91 Å². The molecule has 0 saturated carbocycles. The summed E-state index contributed by atoms with van der Waals surface area (Å²) in [4.78, 5) is 38.5. The number of carbonyl (C=O) groups excluding carboxylic acids is 2. The van der Waals surface area contributed by atoms with Crippen LogP contribution in [-0.2, 0) is 23.2 Å². The molecule has 1 atom stereocenters. The number of nitrogens with zero attached hydrogens (tertiary/aromatic N) is 2. The third kappa shape index (κ3) is 4.25. The molecule has 0 spiro atoms. The number of fused-ring (bicyclic) bond motifs is 1. The highest BCUT2D eigenvalue weighted by Crippen LogP contribution is 2.17. The topological polar surface area (TPSA) is 85.1 Å². The minimum absolute atomic E-state index is 0.192. The molecule has 4 aromatic rings. The first kappa shape index (κ1) is 20.2. The molecule has 0 aliphatic rings. The summed E-state index contributed by atoms with van der Waals surface area (Å²) >= 11 is 0. The van der Waals surface area contributed by atoms with E-state index in [0.29, 0.717) is 16.8 Å². The van der Waals surface area contributed by atoms with Gasteiger partial charge in [-0.05, 0) is 29.8 Å². The van der Waals surface area contributed by atoms with Crippen molar-refractivity contribution in [3.63, 3.8) is 0 Å². The number of amides is 2. The minimum atomic E-state index is -0.903. The SMILES string of the molecule is Cn1c(=O)n(CC(=O)NC(C(=O)Nc2ccccc2)c2ccccc2)c2ccccc21. The second-order valence-electron chi connectivity index (χ2n) is 7.18. The summed E-state index contributed by atoms with van der Waals surface area (Å²) in [5.74, 6) is -0.800. The minimum Gasteiger partial charge on any atom is -0.339 e. The van der Waals surface area contributed by atoms with Crippen molar-refractivity contribution in [2.75, 3.05) is 5.32 Å². The van der Waals surface area contributed by atoms with Gasteiger partial charge in [-0.1, -0.05) is 60.7 Å². The van der Waals surface area contributed by atoms with E-state index in [0.717, 1.165) is 5.52 Å². The van der Waals surface area contributed by atoms with Gasteiger partial charge in [-0.25, -0.2) is 4.79 Å². The number of para-hydroxylation sites is 3. The van der Waals surface area contributed by atoms with Crippen LogP contribution in [0.4, 0.5) is 5.69 Å². The summed E-state index contributed by atoms with van der Waals surface area (Å²) in [5, 5.41) is 5.61. The number of rotatable bonds is 6. The molecule has 0 aliphatic carbocycles. The lowest BCUT2D eigenvalue weighted by molar-refractivity contribution is -0.127. The van der Waals surface area contributed by atoms with Crippen LogP contribution in [0.5, 0.6) is 0 Å². The molecule has 31 heavy (non-hydrogen) atoms. The third-order valence-corrected chi connectivity index (χ3v) is 5.10. The summed E-state index contributed by atoms with van der Waals surface area (Å²) in [7, 11) is 1.67. The molecule has 0 saturated heterocycles. The lowest BCUT2D eigenvalue weighted by Gasteiger charge is -2.19. The predicted octanol–water partition coefficient (Wildman–Crippen LogP) is 2.84. The third-order valence-electron chi connectivity index (χ3n) is 5.10. The Morgan fingerprint density at radius 3 is 2.10 bits per heavy atom. The monoisotopic (exact) mass is 414 g/mol.